The molecule has 26 heteroatoms. The van der Waals surface area contributed by atoms with Crippen molar-refractivity contribution in [2.75, 3.05) is 26.4 Å². The second kappa shape index (κ2) is 68.4. The Morgan fingerprint density at radius 1 is 0.362 bits per heavy atom. The van der Waals surface area contributed by atoms with Crippen molar-refractivity contribution >= 4 is 31.7 Å². The van der Waals surface area contributed by atoms with Gasteiger partial charge in [-0.2, -0.15) is 0 Å². The molecule has 0 radical (unpaired) electrons. The minimum atomic E-state index is -5.81. The molecule has 3 fully saturated rings. The third-order valence-electron chi connectivity index (χ3n) is 22.8. The molecule has 1 aliphatic carbocycles. The van der Waals surface area contributed by atoms with Gasteiger partial charge in [-0.15, -0.1) is 0 Å². The minimum absolute atomic E-state index is 0.00674. The van der Waals surface area contributed by atoms with E-state index in [1.54, 1.807) is 0 Å². The number of carbonyl (C=O) groups is 4. The van der Waals surface area contributed by atoms with E-state index in [2.05, 4.69) is 58.9 Å². The minimum Gasteiger partial charge on any atom is -0.463 e. The molecule has 25 nitrogen and oxygen atoms in total. The average molecular weight is 1680 g/mol. The first-order chi connectivity index (χ1) is 56.1. The van der Waals surface area contributed by atoms with E-state index in [4.69, 9.17) is 46.9 Å². The first-order valence-electron chi connectivity index (χ1n) is 46.5. The smallest absolute Gasteiger partial charge is 0.463 e. The third kappa shape index (κ3) is 48.7. The number of phosphoric ester groups is 1. The van der Waals surface area contributed by atoms with Crippen LogP contribution in [0.4, 0.5) is 0 Å². The molecule has 0 aromatic carbocycles. The zero-order chi connectivity index (χ0) is 84.8. The van der Waals surface area contributed by atoms with Crippen molar-refractivity contribution in [2.24, 2.45) is 5.92 Å². The largest absolute Gasteiger partial charge is 0.472 e. The predicted molar refractivity (Wildman–Crippen MR) is 449 cm³/mol. The molecule has 3 aliphatic rings. The van der Waals surface area contributed by atoms with Crippen LogP contribution < -0.4 is 0 Å². The first-order valence-corrected chi connectivity index (χ1v) is 48.0. The lowest BCUT2D eigenvalue weighted by Crippen LogP contribution is -2.70. The fraction of sp³-hybridized carbons (Fsp3) is 0.911. The van der Waals surface area contributed by atoms with Gasteiger partial charge in [-0.1, -0.05) is 309 Å². The molecule has 19 atom stereocenters. The summed E-state index contributed by atoms with van der Waals surface area (Å²) in [5, 5.41) is 102. The standard InChI is InChI=1S/C90H165O25P/c1-6-10-14-18-22-25-28-31-32-35-37-39-42-49-55-61-73(92)106-66-70(109-75(94)63-57-51-44-41-38-34-30-27-24-20-16-12-8-3)67-108-116(104,105)115-88-86(113-89-83(102)79(98)77(96)71(65-91)110-89)82(101)81(100)85(112-76(95)64-58-52-46-45-48-54-60-69(5)59-53-47-21-17-13-9-4)87(88)114-90-84(103)80(99)78(97)72(111-90)68-107-74(93)62-56-50-43-40-36-33-29-26-23-19-15-11-7-2/h33-34,36,38,69-72,77-91,96-103H,6-32,35,37,39-68H2,1-5H3,(H,104,105)/b36-33-,38-34-. The van der Waals surface area contributed by atoms with Crippen molar-refractivity contribution < 1.29 is 122 Å². The van der Waals surface area contributed by atoms with Gasteiger partial charge in [0.05, 0.1) is 13.2 Å². The molecule has 10 N–H and O–H groups in total. The quantitative estimate of drug-likeness (QED) is 0.00889. The Hall–Kier alpha value is -3.05. The summed E-state index contributed by atoms with van der Waals surface area (Å²) in [5.41, 5.74) is 0. The van der Waals surface area contributed by atoms with Crippen LogP contribution in [0.25, 0.3) is 0 Å². The number of carbonyl (C=O) groups excluding carboxylic acids is 4. The Labute approximate surface area is 698 Å². The van der Waals surface area contributed by atoms with Gasteiger partial charge >= 0.3 is 31.7 Å². The molecule has 1 saturated carbocycles. The number of unbranched alkanes of at least 4 members (excludes halogenated alkanes) is 42. The molecule has 0 aromatic heterocycles. The molecule has 2 saturated heterocycles. The Balaban J connectivity index is 1.94. The Bertz CT molecular complexity index is 2530. The van der Waals surface area contributed by atoms with Crippen molar-refractivity contribution in [3.8, 4) is 0 Å². The van der Waals surface area contributed by atoms with Crippen LogP contribution in [0.5, 0.6) is 0 Å². The molecular formula is C90H165O25P. The topological polar surface area (TPSA) is 380 Å². The number of phosphoric acid groups is 1. The van der Waals surface area contributed by atoms with E-state index in [0.717, 1.165) is 116 Å². The summed E-state index contributed by atoms with van der Waals surface area (Å²) in [4.78, 5) is 66.4. The molecule has 19 unspecified atom stereocenters. The van der Waals surface area contributed by atoms with Crippen molar-refractivity contribution in [2.45, 2.75) is 492 Å². The van der Waals surface area contributed by atoms with Crippen LogP contribution >= 0.6 is 7.82 Å². The maximum absolute atomic E-state index is 14.9. The van der Waals surface area contributed by atoms with Gasteiger partial charge in [0.1, 0.15) is 92.6 Å². The second-order valence-corrected chi connectivity index (χ2v) is 34.8. The van der Waals surface area contributed by atoms with Crippen molar-refractivity contribution in [3.05, 3.63) is 24.3 Å². The molecular weight excluding hydrogens is 1510 g/mol. The van der Waals surface area contributed by atoms with Gasteiger partial charge < -0.3 is 88.7 Å². The number of hydrogen-bond acceptors (Lipinski definition) is 24. The maximum Gasteiger partial charge on any atom is 0.472 e. The van der Waals surface area contributed by atoms with Crippen LogP contribution in [0.2, 0.25) is 0 Å². The molecule has 0 amide bonds. The maximum atomic E-state index is 14.9. The summed E-state index contributed by atoms with van der Waals surface area (Å²) in [6.07, 6.45) is 26.3. The van der Waals surface area contributed by atoms with Gasteiger partial charge in [0.2, 0.25) is 0 Å². The number of ether oxygens (including phenoxy) is 8. The van der Waals surface area contributed by atoms with Crippen molar-refractivity contribution in [1.82, 2.24) is 0 Å². The normalized spacial score (nSPS) is 25.5. The highest BCUT2D eigenvalue weighted by Gasteiger charge is 2.60. The van der Waals surface area contributed by atoms with E-state index >= 15 is 0 Å². The van der Waals surface area contributed by atoms with E-state index in [0.29, 0.717) is 50.9 Å². The highest BCUT2D eigenvalue weighted by Crippen LogP contribution is 2.49. The summed E-state index contributed by atoms with van der Waals surface area (Å²) < 4.78 is 73.4. The number of rotatable bonds is 74. The highest BCUT2D eigenvalue weighted by atomic mass is 31.2. The third-order valence-corrected chi connectivity index (χ3v) is 23.8. The lowest BCUT2D eigenvalue weighted by Gasteiger charge is -2.50. The molecule has 3 rings (SSSR count). The number of allylic oxidation sites excluding steroid dienone is 4. The van der Waals surface area contributed by atoms with Crippen LogP contribution in [0.3, 0.4) is 0 Å². The number of hydrogen-bond donors (Lipinski definition) is 10. The monoisotopic (exact) mass is 1680 g/mol. The zero-order valence-corrected chi connectivity index (χ0v) is 73.4. The van der Waals surface area contributed by atoms with Gasteiger partial charge in [0.15, 0.2) is 24.8 Å². The van der Waals surface area contributed by atoms with Gasteiger partial charge in [0.25, 0.3) is 0 Å². The summed E-state index contributed by atoms with van der Waals surface area (Å²) in [6, 6.07) is 0. The Kier molecular flexibility index (Phi) is 63.2. The van der Waals surface area contributed by atoms with Crippen molar-refractivity contribution in [3.63, 3.8) is 0 Å². The molecule has 2 aliphatic heterocycles. The summed E-state index contributed by atoms with van der Waals surface area (Å²) >= 11 is 0. The van der Waals surface area contributed by atoms with E-state index < -0.39 is 162 Å². The lowest BCUT2D eigenvalue weighted by atomic mass is 9.84. The first kappa shape index (κ1) is 107. The zero-order valence-electron chi connectivity index (χ0n) is 72.5. The predicted octanol–water partition coefficient (Wildman–Crippen LogP) is 16.8. The molecule has 0 spiro atoms. The van der Waals surface area contributed by atoms with Crippen LogP contribution in [-0.2, 0) is 70.7 Å². The molecule has 680 valence electrons. The fourth-order valence-corrected chi connectivity index (χ4v) is 16.3. The fourth-order valence-electron chi connectivity index (χ4n) is 15.3. The lowest BCUT2D eigenvalue weighted by molar-refractivity contribution is -0.360. The van der Waals surface area contributed by atoms with Crippen molar-refractivity contribution in [1.29, 1.82) is 0 Å². The van der Waals surface area contributed by atoms with Gasteiger partial charge in [-0.3, -0.25) is 28.2 Å². The Morgan fingerprint density at radius 2 is 0.698 bits per heavy atom. The Morgan fingerprint density at radius 3 is 1.12 bits per heavy atom. The van der Waals surface area contributed by atoms with Crippen LogP contribution in [0.15, 0.2) is 24.3 Å². The average Bonchev–Trinajstić information content (AvgIpc) is 0.756. The van der Waals surface area contributed by atoms with Gasteiger partial charge in [-0.25, -0.2) is 4.57 Å². The molecule has 2 heterocycles. The summed E-state index contributed by atoms with van der Waals surface area (Å²) in [7, 11) is -5.81. The number of esters is 4. The number of aliphatic hydroxyl groups excluding tert-OH is 9. The second-order valence-electron chi connectivity index (χ2n) is 33.4. The molecule has 0 bridgehead atoms. The van der Waals surface area contributed by atoms with E-state index in [1.165, 1.54) is 167 Å². The van der Waals surface area contributed by atoms with Gasteiger partial charge in [0, 0.05) is 25.7 Å². The summed E-state index contributed by atoms with van der Waals surface area (Å²) in [6.45, 7) is 7.85. The molecule has 116 heavy (non-hydrogen) atoms. The van der Waals surface area contributed by atoms with E-state index in [1.807, 2.05) is 0 Å². The highest BCUT2D eigenvalue weighted by molar-refractivity contribution is 7.47. The van der Waals surface area contributed by atoms with Crippen LogP contribution in [0, 0.1) is 5.92 Å². The van der Waals surface area contributed by atoms with E-state index in [-0.39, 0.29) is 25.7 Å². The molecule has 0 aromatic rings. The number of aliphatic hydroxyl groups is 9. The van der Waals surface area contributed by atoms with Crippen LogP contribution in [-0.4, -0.2) is 205 Å². The van der Waals surface area contributed by atoms with Gasteiger partial charge in [-0.05, 0) is 83.0 Å². The SMILES string of the molecule is CCCCCCCC/C=C\CCCCCC(=O)OCC1OC(OC2C(OC(=O)CCCCCCCCC(C)CCCCCCCC)C(O)C(O)C(OC3OC(CO)C(O)C(O)C3O)C2OP(=O)(O)OCC(COC(=O)CCCCCCCCCCCCCCCCC)OC(=O)CCCCC/C=C\CCCCCCCC)C(O)C(O)C1O. The van der Waals surface area contributed by atoms with Crippen LogP contribution in [0.1, 0.15) is 388 Å². The van der Waals surface area contributed by atoms with E-state index in [9.17, 15) is 74.6 Å². The summed E-state index contributed by atoms with van der Waals surface area (Å²) in [5.74, 6) is -2.37.